The molecule has 4 nitrogen and oxygen atoms in total. The summed E-state index contributed by atoms with van der Waals surface area (Å²) in [5, 5.41) is 12.5. The van der Waals surface area contributed by atoms with Gasteiger partial charge in [0, 0.05) is 34.9 Å². The van der Waals surface area contributed by atoms with E-state index in [2.05, 4.69) is 10.2 Å². The summed E-state index contributed by atoms with van der Waals surface area (Å²) < 4.78 is 0. The zero-order chi connectivity index (χ0) is 16.9. The Kier molecular flexibility index (Phi) is 5.43. The van der Waals surface area contributed by atoms with Gasteiger partial charge in [-0.15, -0.1) is 11.8 Å². The third-order valence-corrected chi connectivity index (χ3v) is 5.01. The number of aliphatic hydroxyl groups excluding tert-OH is 1. The Morgan fingerprint density at radius 3 is 2.54 bits per heavy atom. The number of carbonyl (C=O) groups is 1. The van der Waals surface area contributed by atoms with Crippen LogP contribution in [-0.4, -0.2) is 36.5 Å². The van der Waals surface area contributed by atoms with Crippen molar-refractivity contribution in [3.63, 3.8) is 0 Å². The van der Waals surface area contributed by atoms with Crippen molar-refractivity contribution < 1.29 is 9.90 Å². The van der Waals surface area contributed by atoms with Crippen molar-refractivity contribution in [2.24, 2.45) is 0 Å². The number of anilines is 2. The highest BCUT2D eigenvalue weighted by Crippen LogP contribution is 2.22. The summed E-state index contributed by atoms with van der Waals surface area (Å²) in [7, 11) is 0. The molecule has 5 heteroatoms. The van der Waals surface area contributed by atoms with E-state index in [1.807, 2.05) is 54.8 Å². The number of nitrogens with one attached hydrogen (secondary N) is 1. The first-order valence-corrected chi connectivity index (χ1v) is 9.36. The van der Waals surface area contributed by atoms with Gasteiger partial charge in [-0.25, -0.2) is 0 Å². The quantitative estimate of drug-likeness (QED) is 0.833. The lowest BCUT2D eigenvalue weighted by Crippen LogP contribution is -2.35. The molecule has 1 fully saturated rings. The lowest BCUT2D eigenvalue weighted by atomic mass is 10.1. The Bertz CT molecular complexity index is 695. The molecule has 1 saturated heterocycles. The van der Waals surface area contributed by atoms with Crippen LogP contribution in [0.4, 0.5) is 11.4 Å². The molecule has 2 N–H and O–H groups in total. The van der Waals surface area contributed by atoms with E-state index in [9.17, 15) is 9.90 Å². The topological polar surface area (TPSA) is 52.6 Å². The van der Waals surface area contributed by atoms with E-state index < -0.39 is 0 Å². The summed E-state index contributed by atoms with van der Waals surface area (Å²) in [6.07, 6.45) is 3.43. The first kappa shape index (κ1) is 16.9. The molecule has 0 radical (unpaired) electrons. The number of aliphatic hydroxyl groups is 1. The summed E-state index contributed by atoms with van der Waals surface area (Å²) >= 11 is 1.65. The van der Waals surface area contributed by atoms with Gasteiger partial charge in [0.05, 0.1) is 6.10 Å². The Morgan fingerprint density at radius 1 is 1.17 bits per heavy atom. The zero-order valence-electron chi connectivity index (χ0n) is 13.7. The largest absolute Gasteiger partial charge is 0.393 e. The lowest BCUT2D eigenvalue weighted by molar-refractivity contribution is 0.102. The number of amides is 1. The Hall–Kier alpha value is -1.98. The molecule has 126 valence electrons. The normalized spacial score (nSPS) is 15.3. The molecule has 0 aliphatic carbocycles. The van der Waals surface area contributed by atoms with E-state index in [-0.39, 0.29) is 12.0 Å². The predicted octanol–water partition coefficient (Wildman–Crippen LogP) is 3.62. The second-order valence-corrected chi connectivity index (χ2v) is 6.83. The van der Waals surface area contributed by atoms with E-state index in [0.717, 1.165) is 42.2 Å². The molecule has 0 atom stereocenters. The summed E-state index contributed by atoms with van der Waals surface area (Å²) in [5.41, 5.74) is 2.55. The molecule has 0 bridgehead atoms. The first-order chi connectivity index (χ1) is 11.7. The number of hydrogen-bond donors (Lipinski definition) is 2. The molecule has 0 unspecified atom stereocenters. The molecule has 3 rings (SSSR count). The van der Waals surface area contributed by atoms with Crippen LogP contribution in [0.3, 0.4) is 0 Å². The molecule has 0 saturated carbocycles. The number of piperidine rings is 1. The van der Waals surface area contributed by atoms with Crippen molar-refractivity contribution in [1.82, 2.24) is 0 Å². The molecule has 1 aliphatic rings. The second kappa shape index (κ2) is 7.73. The Labute approximate surface area is 146 Å². The minimum atomic E-state index is -0.177. The SMILES string of the molecule is CSc1cccc(NC(=O)c2ccc(N3CCC(O)CC3)cc2)c1. The van der Waals surface area contributed by atoms with Gasteiger partial charge in [-0.1, -0.05) is 6.07 Å². The van der Waals surface area contributed by atoms with Gasteiger partial charge in [0.2, 0.25) is 0 Å². The molecule has 1 heterocycles. The average Bonchev–Trinajstić information content (AvgIpc) is 2.62. The van der Waals surface area contributed by atoms with Gasteiger partial charge in [-0.05, 0) is 61.6 Å². The van der Waals surface area contributed by atoms with Crippen LogP contribution in [0.25, 0.3) is 0 Å². The van der Waals surface area contributed by atoms with Crippen LogP contribution in [0, 0.1) is 0 Å². The van der Waals surface area contributed by atoms with Crippen molar-refractivity contribution in [3.05, 3.63) is 54.1 Å². The molecule has 1 aliphatic heterocycles. The van der Waals surface area contributed by atoms with Crippen molar-refractivity contribution in [1.29, 1.82) is 0 Å². The van der Waals surface area contributed by atoms with Crippen molar-refractivity contribution in [2.45, 2.75) is 23.8 Å². The molecule has 24 heavy (non-hydrogen) atoms. The van der Waals surface area contributed by atoms with E-state index in [4.69, 9.17) is 0 Å². The van der Waals surface area contributed by atoms with Gasteiger partial charge in [0.15, 0.2) is 0 Å². The summed E-state index contributed by atoms with van der Waals surface area (Å²) in [5.74, 6) is -0.103. The minimum Gasteiger partial charge on any atom is -0.393 e. The fourth-order valence-electron chi connectivity index (χ4n) is 2.85. The first-order valence-electron chi connectivity index (χ1n) is 8.14. The van der Waals surface area contributed by atoms with E-state index in [1.165, 1.54) is 0 Å². The number of benzene rings is 2. The second-order valence-electron chi connectivity index (χ2n) is 5.95. The fraction of sp³-hybridized carbons (Fsp3) is 0.316. The van der Waals surface area contributed by atoms with Crippen molar-refractivity contribution in [2.75, 3.05) is 29.6 Å². The highest BCUT2D eigenvalue weighted by Gasteiger charge is 2.17. The molecular formula is C19H22N2O2S. The van der Waals surface area contributed by atoms with Crippen molar-refractivity contribution >= 4 is 29.0 Å². The fourth-order valence-corrected chi connectivity index (χ4v) is 3.31. The van der Waals surface area contributed by atoms with Gasteiger partial charge in [0.1, 0.15) is 0 Å². The van der Waals surface area contributed by atoms with Crippen LogP contribution in [0.2, 0.25) is 0 Å². The van der Waals surface area contributed by atoms with Gasteiger partial charge < -0.3 is 15.3 Å². The molecule has 1 amide bonds. The molecule has 0 spiro atoms. The van der Waals surface area contributed by atoms with Crippen molar-refractivity contribution in [3.8, 4) is 0 Å². The van der Waals surface area contributed by atoms with Crippen LogP contribution in [0.5, 0.6) is 0 Å². The number of rotatable bonds is 4. The number of nitrogens with zero attached hydrogens (tertiary/aromatic N) is 1. The lowest BCUT2D eigenvalue weighted by Gasteiger charge is -2.31. The zero-order valence-corrected chi connectivity index (χ0v) is 14.6. The summed E-state index contributed by atoms with van der Waals surface area (Å²) in [6, 6.07) is 15.5. The van der Waals surface area contributed by atoms with Crippen LogP contribution in [0.1, 0.15) is 23.2 Å². The third-order valence-electron chi connectivity index (χ3n) is 4.29. The Balaban J connectivity index is 1.65. The highest BCUT2D eigenvalue weighted by molar-refractivity contribution is 7.98. The maximum Gasteiger partial charge on any atom is 0.255 e. The number of hydrogen-bond acceptors (Lipinski definition) is 4. The predicted molar refractivity (Wildman–Crippen MR) is 100 cm³/mol. The van der Waals surface area contributed by atoms with Crippen LogP contribution in [-0.2, 0) is 0 Å². The van der Waals surface area contributed by atoms with Gasteiger partial charge in [-0.2, -0.15) is 0 Å². The summed E-state index contributed by atoms with van der Waals surface area (Å²) in [6.45, 7) is 1.71. The third kappa shape index (κ3) is 4.10. The van der Waals surface area contributed by atoms with Gasteiger partial charge in [0.25, 0.3) is 5.91 Å². The van der Waals surface area contributed by atoms with Crippen LogP contribution in [0.15, 0.2) is 53.4 Å². The average molecular weight is 342 g/mol. The van der Waals surface area contributed by atoms with Gasteiger partial charge >= 0.3 is 0 Å². The number of thioether (sulfide) groups is 1. The highest BCUT2D eigenvalue weighted by atomic mass is 32.2. The maximum absolute atomic E-state index is 12.4. The Morgan fingerprint density at radius 2 is 1.88 bits per heavy atom. The minimum absolute atomic E-state index is 0.103. The summed E-state index contributed by atoms with van der Waals surface area (Å²) in [4.78, 5) is 15.7. The van der Waals surface area contributed by atoms with E-state index in [1.54, 1.807) is 11.8 Å². The smallest absolute Gasteiger partial charge is 0.255 e. The van der Waals surface area contributed by atoms with Gasteiger partial charge in [-0.3, -0.25) is 4.79 Å². The van der Waals surface area contributed by atoms with Crippen LogP contribution < -0.4 is 10.2 Å². The van der Waals surface area contributed by atoms with E-state index >= 15 is 0 Å². The number of carbonyl (C=O) groups excluding carboxylic acids is 1. The van der Waals surface area contributed by atoms with Crippen LogP contribution >= 0.6 is 11.8 Å². The maximum atomic E-state index is 12.4. The molecular weight excluding hydrogens is 320 g/mol. The standard InChI is InChI=1S/C19H22N2O2S/c1-24-18-4-2-3-15(13-18)20-19(23)14-5-7-16(8-6-14)21-11-9-17(22)10-12-21/h2-8,13,17,22H,9-12H2,1H3,(H,20,23). The van der Waals surface area contributed by atoms with E-state index in [0.29, 0.717) is 5.56 Å². The molecule has 2 aromatic rings. The molecule has 0 aromatic heterocycles. The monoisotopic (exact) mass is 342 g/mol. The molecule has 2 aromatic carbocycles.